The molecule has 0 unspecified atom stereocenters. The second-order valence-electron chi connectivity index (χ2n) is 8.84. The number of aromatic nitrogens is 3. The molecule has 1 aliphatic carbocycles. The number of nitrogens with one attached hydrogen (secondary N) is 1. The fourth-order valence-corrected chi connectivity index (χ4v) is 4.22. The van der Waals surface area contributed by atoms with Crippen molar-refractivity contribution in [2.45, 2.75) is 38.6 Å². The summed E-state index contributed by atoms with van der Waals surface area (Å²) in [5.74, 6) is 0.843. The minimum atomic E-state index is -0.291. The molecule has 0 saturated heterocycles. The van der Waals surface area contributed by atoms with Crippen LogP contribution in [0.5, 0.6) is 5.75 Å². The Morgan fingerprint density at radius 2 is 1.88 bits per heavy atom. The van der Waals surface area contributed by atoms with Gasteiger partial charge in [-0.1, -0.05) is 12.1 Å². The van der Waals surface area contributed by atoms with Crippen LogP contribution < -0.4 is 15.6 Å². The smallest absolute Gasteiger partial charge is 0.274 e. The summed E-state index contributed by atoms with van der Waals surface area (Å²) in [6.45, 7) is 3.89. The average molecular weight is 459 g/mol. The Kier molecular flexibility index (Phi) is 5.69. The van der Waals surface area contributed by atoms with Crippen molar-refractivity contribution in [1.82, 2.24) is 14.1 Å². The number of methoxy groups -OCH3 is 1. The second-order valence-corrected chi connectivity index (χ2v) is 8.84. The van der Waals surface area contributed by atoms with E-state index in [1.807, 2.05) is 55.1 Å². The predicted molar refractivity (Wildman–Crippen MR) is 131 cm³/mol. The first-order valence-electron chi connectivity index (χ1n) is 11.4. The third-order valence-electron chi connectivity index (χ3n) is 6.33. The van der Waals surface area contributed by atoms with Gasteiger partial charge in [0, 0.05) is 24.1 Å². The van der Waals surface area contributed by atoms with Crippen molar-refractivity contribution in [3.05, 3.63) is 100 Å². The predicted octanol–water partition coefficient (Wildman–Crippen LogP) is 5.72. The number of benzene rings is 2. The number of rotatable bonds is 7. The Morgan fingerprint density at radius 3 is 2.53 bits per heavy atom. The number of hydrogen-bond donors (Lipinski definition) is 1. The summed E-state index contributed by atoms with van der Waals surface area (Å²) in [4.78, 5) is 17.8. The number of ether oxygens (including phenoxy) is 1. The molecule has 7 heteroatoms. The molecule has 2 aromatic carbocycles. The van der Waals surface area contributed by atoms with E-state index in [1.54, 1.807) is 30.1 Å². The number of hydrogen-bond acceptors (Lipinski definition) is 4. The topological polar surface area (TPSA) is 61.1 Å². The molecule has 0 spiro atoms. The van der Waals surface area contributed by atoms with E-state index in [-0.39, 0.29) is 17.4 Å². The molecule has 1 fully saturated rings. The molecule has 0 radical (unpaired) electrons. The summed E-state index contributed by atoms with van der Waals surface area (Å²) < 4.78 is 22.7. The van der Waals surface area contributed by atoms with Crippen molar-refractivity contribution < 1.29 is 9.13 Å². The van der Waals surface area contributed by atoms with Crippen LogP contribution in [0.1, 0.15) is 48.5 Å². The molecular weight excluding hydrogens is 431 g/mol. The molecule has 1 atom stereocenters. The van der Waals surface area contributed by atoms with Crippen molar-refractivity contribution in [3.8, 4) is 11.4 Å². The van der Waals surface area contributed by atoms with Crippen LogP contribution >= 0.6 is 0 Å². The van der Waals surface area contributed by atoms with Gasteiger partial charge in [-0.3, -0.25) is 4.79 Å². The van der Waals surface area contributed by atoms with E-state index in [4.69, 9.17) is 4.74 Å². The van der Waals surface area contributed by atoms with Gasteiger partial charge >= 0.3 is 0 Å². The zero-order valence-corrected chi connectivity index (χ0v) is 19.5. The number of pyridine rings is 1. The fraction of sp³-hybridized carbons (Fsp3) is 0.259. The quantitative estimate of drug-likeness (QED) is 0.385. The van der Waals surface area contributed by atoms with E-state index in [1.165, 1.54) is 12.1 Å². The van der Waals surface area contributed by atoms with E-state index in [9.17, 15) is 9.18 Å². The number of aryl methyl sites for hydroxylation is 1. The highest BCUT2D eigenvalue weighted by Crippen LogP contribution is 2.41. The van der Waals surface area contributed by atoms with E-state index in [2.05, 4.69) is 10.3 Å². The third-order valence-corrected chi connectivity index (χ3v) is 6.33. The molecule has 0 bridgehead atoms. The van der Waals surface area contributed by atoms with Crippen molar-refractivity contribution in [1.29, 1.82) is 0 Å². The molecule has 2 aromatic heterocycles. The van der Waals surface area contributed by atoms with Crippen molar-refractivity contribution in [2.24, 2.45) is 0 Å². The van der Waals surface area contributed by atoms with Crippen LogP contribution in [0.2, 0.25) is 0 Å². The van der Waals surface area contributed by atoms with E-state index in [0.29, 0.717) is 17.4 Å². The van der Waals surface area contributed by atoms with Crippen LogP contribution in [0, 0.1) is 12.7 Å². The minimum Gasteiger partial charge on any atom is -0.494 e. The Bertz CT molecular complexity index is 1390. The fourth-order valence-electron chi connectivity index (χ4n) is 4.22. The van der Waals surface area contributed by atoms with Gasteiger partial charge in [-0.25, -0.2) is 9.37 Å². The lowest BCUT2D eigenvalue weighted by Gasteiger charge is -2.19. The lowest BCUT2D eigenvalue weighted by Crippen LogP contribution is -2.26. The number of anilines is 2. The van der Waals surface area contributed by atoms with Crippen LogP contribution in [0.3, 0.4) is 0 Å². The first kappa shape index (κ1) is 21.9. The van der Waals surface area contributed by atoms with E-state index in [0.717, 1.165) is 41.0 Å². The minimum absolute atomic E-state index is 0.130. The summed E-state index contributed by atoms with van der Waals surface area (Å²) in [6, 6.07) is 13.8. The molecule has 0 amide bonds. The number of halogens is 1. The maximum absolute atomic E-state index is 13.5. The summed E-state index contributed by atoms with van der Waals surface area (Å²) in [6.07, 6.45) is 7.86. The molecular formula is C27H27FN4O2. The number of imidazole rings is 1. The van der Waals surface area contributed by atoms with Crippen LogP contribution in [0.15, 0.2) is 72.0 Å². The van der Waals surface area contributed by atoms with Gasteiger partial charge in [0.1, 0.15) is 17.3 Å². The van der Waals surface area contributed by atoms with E-state index >= 15 is 0 Å². The van der Waals surface area contributed by atoms with Gasteiger partial charge in [-0.15, -0.1) is 0 Å². The molecule has 2 heterocycles. The maximum Gasteiger partial charge on any atom is 0.274 e. The summed E-state index contributed by atoms with van der Waals surface area (Å²) in [5, 5.41) is 3.31. The van der Waals surface area contributed by atoms with Gasteiger partial charge in [0.15, 0.2) is 0 Å². The first-order valence-corrected chi connectivity index (χ1v) is 11.4. The van der Waals surface area contributed by atoms with Crippen LogP contribution in [0.25, 0.3) is 5.69 Å². The standard InChI is InChI=1S/C27H27FN4O2/c1-17-14-31(16-29-17)25-11-10-23(13-26(25)34-3)30-24-12-21(20-4-5-20)15-32(27(24)33)18(2)19-6-8-22(28)9-7-19/h6-16,18,20,30H,4-5H2,1-3H3/t18-/m0/s1. The molecule has 1 N–H and O–H groups in total. The second kappa shape index (κ2) is 8.82. The van der Waals surface area contributed by atoms with Crippen LogP contribution in [-0.2, 0) is 0 Å². The molecule has 0 aliphatic heterocycles. The highest BCUT2D eigenvalue weighted by molar-refractivity contribution is 5.65. The first-order chi connectivity index (χ1) is 16.4. The van der Waals surface area contributed by atoms with Crippen LogP contribution in [0.4, 0.5) is 15.8 Å². The Labute approximate surface area is 197 Å². The third kappa shape index (κ3) is 4.33. The Balaban J connectivity index is 1.51. The lowest BCUT2D eigenvalue weighted by molar-refractivity contribution is 0.413. The van der Waals surface area contributed by atoms with Gasteiger partial charge in [0.25, 0.3) is 5.56 Å². The van der Waals surface area contributed by atoms with E-state index < -0.39 is 0 Å². The zero-order chi connectivity index (χ0) is 23.8. The lowest BCUT2D eigenvalue weighted by atomic mass is 10.1. The highest BCUT2D eigenvalue weighted by atomic mass is 19.1. The molecule has 174 valence electrons. The maximum atomic E-state index is 13.5. The summed E-state index contributed by atoms with van der Waals surface area (Å²) >= 11 is 0. The van der Waals surface area contributed by atoms with Gasteiger partial charge < -0.3 is 19.2 Å². The van der Waals surface area contributed by atoms with Gasteiger partial charge in [0.05, 0.1) is 30.9 Å². The largest absolute Gasteiger partial charge is 0.494 e. The monoisotopic (exact) mass is 458 g/mol. The number of nitrogens with zero attached hydrogens (tertiary/aromatic N) is 3. The van der Waals surface area contributed by atoms with Gasteiger partial charge in [0.2, 0.25) is 0 Å². The molecule has 1 saturated carbocycles. The average Bonchev–Trinajstić information content (AvgIpc) is 3.60. The Hall–Kier alpha value is -3.87. The van der Waals surface area contributed by atoms with Gasteiger partial charge in [-0.2, -0.15) is 0 Å². The van der Waals surface area contributed by atoms with Crippen LogP contribution in [-0.4, -0.2) is 21.2 Å². The van der Waals surface area contributed by atoms with Crippen molar-refractivity contribution >= 4 is 11.4 Å². The SMILES string of the molecule is COc1cc(Nc2cc(C3CC3)cn([C@@H](C)c3ccc(F)cc3)c2=O)ccc1-n1cnc(C)c1. The zero-order valence-electron chi connectivity index (χ0n) is 19.5. The van der Waals surface area contributed by atoms with Crippen molar-refractivity contribution in [3.63, 3.8) is 0 Å². The van der Waals surface area contributed by atoms with Crippen molar-refractivity contribution in [2.75, 3.05) is 12.4 Å². The molecule has 5 rings (SSSR count). The molecule has 1 aliphatic rings. The summed E-state index contributed by atoms with van der Waals surface area (Å²) in [7, 11) is 1.62. The summed E-state index contributed by atoms with van der Waals surface area (Å²) in [5.41, 5.74) is 4.92. The Morgan fingerprint density at radius 1 is 1.12 bits per heavy atom. The molecule has 4 aromatic rings. The highest BCUT2D eigenvalue weighted by Gasteiger charge is 2.26. The van der Waals surface area contributed by atoms with Gasteiger partial charge in [-0.05, 0) is 74.1 Å². The normalized spacial score (nSPS) is 14.1. The molecule has 6 nitrogen and oxygen atoms in total. The molecule has 34 heavy (non-hydrogen) atoms.